The third-order valence-corrected chi connectivity index (χ3v) is 8.80. The SMILES string of the molecule is CCC/C=C\CCCCCCCC(=O)OCC(COC(=O)CCCCCCC/C=C\CCCCC)OC(=O)CCCCCCC/C=C\CCC. The van der Waals surface area contributed by atoms with Crippen LogP contribution in [-0.4, -0.2) is 37.2 Å². The first kappa shape index (κ1) is 47.6. The fourth-order valence-corrected chi connectivity index (χ4v) is 5.62. The fraction of sp³-hybridized carbons (Fsp3) is 0.795. The van der Waals surface area contributed by atoms with Crippen LogP contribution in [0.3, 0.4) is 0 Å². The van der Waals surface area contributed by atoms with E-state index in [9.17, 15) is 14.4 Å². The highest BCUT2D eigenvalue weighted by Crippen LogP contribution is 2.13. The van der Waals surface area contributed by atoms with Gasteiger partial charge in [-0.2, -0.15) is 0 Å². The smallest absolute Gasteiger partial charge is 0.306 e. The van der Waals surface area contributed by atoms with Crippen molar-refractivity contribution >= 4 is 17.9 Å². The molecular weight excluding hydrogens is 624 g/mol. The normalized spacial score (nSPS) is 12.3. The highest BCUT2D eigenvalue weighted by molar-refractivity contribution is 5.71. The van der Waals surface area contributed by atoms with E-state index in [1.54, 1.807) is 0 Å². The summed E-state index contributed by atoms with van der Waals surface area (Å²) in [4.78, 5) is 37.5. The zero-order chi connectivity index (χ0) is 36.6. The van der Waals surface area contributed by atoms with Crippen LogP contribution in [0.2, 0.25) is 0 Å². The van der Waals surface area contributed by atoms with Crippen molar-refractivity contribution in [2.24, 2.45) is 0 Å². The van der Waals surface area contributed by atoms with Gasteiger partial charge in [0.15, 0.2) is 6.10 Å². The predicted octanol–water partition coefficient (Wildman–Crippen LogP) is 13.0. The number of allylic oxidation sites excluding steroid dienone is 6. The molecule has 0 aromatic rings. The zero-order valence-corrected chi connectivity index (χ0v) is 32.9. The van der Waals surface area contributed by atoms with Gasteiger partial charge in [-0.15, -0.1) is 0 Å². The van der Waals surface area contributed by atoms with Gasteiger partial charge in [-0.25, -0.2) is 0 Å². The summed E-state index contributed by atoms with van der Waals surface area (Å²) in [5.41, 5.74) is 0. The Morgan fingerprint density at radius 2 is 0.700 bits per heavy atom. The van der Waals surface area contributed by atoms with Gasteiger partial charge in [-0.05, 0) is 83.5 Å². The minimum atomic E-state index is -0.777. The maximum absolute atomic E-state index is 12.6. The predicted molar refractivity (Wildman–Crippen MR) is 210 cm³/mol. The number of ether oxygens (including phenoxy) is 3. The van der Waals surface area contributed by atoms with Crippen LogP contribution in [0.5, 0.6) is 0 Å². The minimum absolute atomic E-state index is 0.0826. The van der Waals surface area contributed by atoms with Crippen LogP contribution in [0, 0.1) is 0 Å². The molecule has 0 heterocycles. The molecule has 0 saturated heterocycles. The zero-order valence-electron chi connectivity index (χ0n) is 32.9. The van der Waals surface area contributed by atoms with E-state index < -0.39 is 6.10 Å². The summed E-state index contributed by atoms with van der Waals surface area (Å²) in [6.45, 7) is 6.44. The number of hydrogen-bond donors (Lipinski definition) is 0. The second kappa shape index (κ2) is 39.4. The summed E-state index contributed by atoms with van der Waals surface area (Å²) in [6.07, 6.45) is 42.7. The van der Waals surface area contributed by atoms with Crippen molar-refractivity contribution in [2.75, 3.05) is 13.2 Å². The van der Waals surface area contributed by atoms with Crippen LogP contribution in [0.4, 0.5) is 0 Å². The summed E-state index contributed by atoms with van der Waals surface area (Å²) in [7, 11) is 0. The molecule has 0 rings (SSSR count). The van der Waals surface area contributed by atoms with Crippen LogP contribution in [0.15, 0.2) is 36.5 Å². The summed E-state index contributed by atoms with van der Waals surface area (Å²) in [5.74, 6) is -0.917. The van der Waals surface area contributed by atoms with Gasteiger partial charge in [-0.1, -0.05) is 141 Å². The molecule has 1 unspecified atom stereocenters. The van der Waals surface area contributed by atoms with E-state index in [4.69, 9.17) is 14.2 Å². The van der Waals surface area contributed by atoms with Crippen molar-refractivity contribution in [1.82, 2.24) is 0 Å². The van der Waals surface area contributed by atoms with Crippen molar-refractivity contribution < 1.29 is 28.6 Å². The first-order chi connectivity index (χ1) is 24.5. The highest BCUT2D eigenvalue weighted by Gasteiger charge is 2.19. The van der Waals surface area contributed by atoms with Crippen molar-refractivity contribution in [2.45, 2.75) is 213 Å². The summed E-state index contributed by atoms with van der Waals surface area (Å²) >= 11 is 0. The molecular formula is C44H78O6. The van der Waals surface area contributed by atoms with Crippen LogP contribution in [-0.2, 0) is 28.6 Å². The van der Waals surface area contributed by atoms with Gasteiger partial charge < -0.3 is 14.2 Å². The molecule has 6 heteroatoms. The number of carbonyl (C=O) groups excluding carboxylic acids is 3. The maximum atomic E-state index is 12.6. The monoisotopic (exact) mass is 703 g/mol. The molecule has 0 radical (unpaired) electrons. The molecule has 0 aromatic carbocycles. The van der Waals surface area contributed by atoms with E-state index in [0.29, 0.717) is 19.3 Å². The average Bonchev–Trinajstić information content (AvgIpc) is 3.11. The number of unbranched alkanes of at least 4 members (excludes halogenated alkanes) is 20. The molecule has 50 heavy (non-hydrogen) atoms. The molecule has 0 aliphatic heterocycles. The van der Waals surface area contributed by atoms with Gasteiger partial charge in [0.25, 0.3) is 0 Å². The van der Waals surface area contributed by atoms with Gasteiger partial charge in [0, 0.05) is 19.3 Å². The molecule has 0 aliphatic rings. The lowest BCUT2D eigenvalue weighted by atomic mass is 10.1. The molecule has 290 valence electrons. The van der Waals surface area contributed by atoms with Gasteiger partial charge in [0.2, 0.25) is 0 Å². The second-order valence-corrected chi connectivity index (χ2v) is 13.9. The van der Waals surface area contributed by atoms with E-state index in [0.717, 1.165) is 96.3 Å². The number of esters is 3. The number of carbonyl (C=O) groups is 3. The molecule has 0 amide bonds. The molecule has 0 aliphatic carbocycles. The van der Waals surface area contributed by atoms with Crippen molar-refractivity contribution in [3.8, 4) is 0 Å². The van der Waals surface area contributed by atoms with Crippen molar-refractivity contribution in [3.63, 3.8) is 0 Å². The molecule has 1 atom stereocenters. The van der Waals surface area contributed by atoms with Gasteiger partial charge in [-0.3, -0.25) is 14.4 Å². The summed E-state index contributed by atoms with van der Waals surface area (Å²) in [6, 6.07) is 0. The van der Waals surface area contributed by atoms with E-state index in [-0.39, 0.29) is 31.1 Å². The first-order valence-corrected chi connectivity index (χ1v) is 21.0. The Balaban J connectivity index is 4.40. The standard InChI is InChI=1S/C44H78O6/c1-4-7-10-13-16-19-22-23-26-28-31-34-37-43(46)49-40-41(50-44(47)38-35-32-29-25-21-18-15-12-9-6-3)39-48-42(45)36-33-30-27-24-20-17-14-11-8-5-2/h11-12,14-16,19,41H,4-10,13,17-18,20-40H2,1-3H3/b14-11-,15-12-,19-16-. The van der Waals surface area contributed by atoms with Gasteiger partial charge in [0.1, 0.15) is 13.2 Å². The van der Waals surface area contributed by atoms with E-state index in [1.165, 1.54) is 70.6 Å². The molecule has 6 nitrogen and oxygen atoms in total. The van der Waals surface area contributed by atoms with E-state index >= 15 is 0 Å². The van der Waals surface area contributed by atoms with E-state index in [1.807, 2.05) is 0 Å². The Bertz CT molecular complexity index is 861. The molecule has 0 aromatic heterocycles. The lowest BCUT2D eigenvalue weighted by Gasteiger charge is -2.18. The topological polar surface area (TPSA) is 78.9 Å². The summed E-state index contributed by atoms with van der Waals surface area (Å²) < 4.78 is 16.6. The number of rotatable bonds is 37. The number of hydrogen-bond acceptors (Lipinski definition) is 6. The molecule has 0 bridgehead atoms. The van der Waals surface area contributed by atoms with Crippen molar-refractivity contribution in [1.29, 1.82) is 0 Å². The lowest BCUT2D eigenvalue weighted by Crippen LogP contribution is -2.30. The molecule has 0 spiro atoms. The Morgan fingerprint density at radius 1 is 0.380 bits per heavy atom. The lowest BCUT2D eigenvalue weighted by molar-refractivity contribution is -0.167. The Labute approximate surface area is 308 Å². The molecule has 0 N–H and O–H groups in total. The summed E-state index contributed by atoms with van der Waals surface area (Å²) in [5, 5.41) is 0. The van der Waals surface area contributed by atoms with Crippen LogP contribution in [0.25, 0.3) is 0 Å². The quantitative estimate of drug-likeness (QED) is 0.0277. The average molecular weight is 703 g/mol. The Morgan fingerprint density at radius 3 is 1.08 bits per heavy atom. The molecule has 0 fully saturated rings. The maximum Gasteiger partial charge on any atom is 0.306 e. The Hall–Kier alpha value is -2.37. The molecule has 0 saturated carbocycles. The second-order valence-electron chi connectivity index (χ2n) is 13.9. The minimum Gasteiger partial charge on any atom is -0.462 e. The van der Waals surface area contributed by atoms with Gasteiger partial charge >= 0.3 is 17.9 Å². The van der Waals surface area contributed by atoms with Crippen molar-refractivity contribution in [3.05, 3.63) is 36.5 Å². The third kappa shape index (κ3) is 36.9. The Kier molecular flexibility index (Phi) is 37.5. The van der Waals surface area contributed by atoms with Crippen LogP contribution in [0.1, 0.15) is 207 Å². The third-order valence-electron chi connectivity index (χ3n) is 8.80. The van der Waals surface area contributed by atoms with E-state index in [2.05, 4.69) is 57.2 Å². The van der Waals surface area contributed by atoms with Crippen LogP contribution >= 0.6 is 0 Å². The fourth-order valence-electron chi connectivity index (χ4n) is 5.62. The largest absolute Gasteiger partial charge is 0.462 e. The highest BCUT2D eigenvalue weighted by atomic mass is 16.6. The first-order valence-electron chi connectivity index (χ1n) is 21.0. The van der Waals surface area contributed by atoms with Crippen LogP contribution < -0.4 is 0 Å². The van der Waals surface area contributed by atoms with Gasteiger partial charge in [0.05, 0.1) is 0 Å².